The fourth-order valence-corrected chi connectivity index (χ4v) is 3.32. The molecule has 2 aromatic rings. The van der Waals surface area contributed by atoms with Crippen molar-refractivity contribution in [1.29, 1.82) is 0 Å². The van der Waals surface area contributed by atoms with E-state index in [-0.39, 0.29) is 17.9 Å². The molecule has 1 unspecified atom stereocenters. The van der Waals surface area contributed by atoms with Crippen LogP contribution in [0, 0.1) is 0 Å². The summed E-state index contributed by atoms with van der Waals surface area (Å²) in [5.74, 6) is -0.0133. The van der Waals surface area contributed by atoms with Crippen LogP contribution >= 0.6 is 0 Å². The first kappa shape index (κ1) is 17.2. The highest BCUT2D eigenvalue weighted by molar-refractivity contribution is 5.87. The summed E-state index contributed by atoms with van der Waals surface area (Å²) in [6, 6.07) is 7.56. The number of carbonyl (C=O) groups is 2. The molecule has 25 heavy (non-hydrogen) atoms. The molecule has 0 spiro atoms. The molecule has 1 fully saturated rings. The van der Waals surface area contributed by atoms with E-state index in [1.54, 1.807) is 17.4 Å². The normalized spacial score (nSPS) is 17.3. The molecular weight excluding hydrogens is 316 g/mol. The second-order valence-electron chi connectivity index (χ2n) is 6.27. The minimum atomic E-state index is -0.346. The topological polar surface area (TPSA) is 67.2 Å². The lowest BCUT2D eigenvalue weighted by molar-refractivity contribution is -0.142. The number of aromatic nitrogens is 2. The van der Waals surface area contributed by atoms with Crippen LogP contribution in [0.3, 0.4) is 0 Å². The summed E-state index contributed by atoms with van der Waals surface area (Å²) >= 11 is 0. The van der Waals surface area contributed by atoms with Gasteiger partial charge in [-0.2, -0.15) is 0 Å². The molecule has 1 aliphatic rings. The number of para-hydroxylation sites is 1. The van der Waals surface area contributed by atoms with Gasteiger partial charge in [-0.15, -0.1) is 0 Å². The van der Waals surface area contributed by atoms with Gasteiger partial charge in [0.05, 0.1) is 12.0 Å². The van der Waals surface area contributed by atoms with Crippen LogP contribution < -0.4 is 5.32 Å². The maximum absolute atomic E-state index is 12.7. The smallest absolute Gasteiger partial charge is 0.243 e. The van der Waals surface area contributed by atoms with E-state index in [0.717, 1.165) is 30.5 Å². The number of likely N-dealkylation sites (tertiary alicyclic amines) is 1. The van der Waals surface area contributed by atoms with E-state index in [9.17, 15) is 9.59 Å². The van der Waals surface area contributed by atoms with Crippen molar-refractivity contribution in [3.63, 3.8) is 0 Å². The van der Waals surface area contributed by atoms with Gasteiger partial charge >= 0.3 is 0 Å². The van der Waals surface area contributed by atoms with Gasteiger partial charge in [-0.05, 0) is 30.9 Å². The molecule has 6 heteroatoms. The summed E-state index contributed by atoms with van der Waals surface area (Å²) in [6.45, 7) is 2.95. The molecule has 1 atom stereocenters. The van der Waals surface area contributed by atoms with Crippen LogP contribution in [0.25, 0.3) is 5.69 Å². The number of carbonyl (C=O) groups excluding carboxylic acids is 2. The summed E-state index contributed by atoms with van der Waals surface area (Å²) in [5.41, 5.74) is 2.00. The minimum Gasteiger partial charge on any atom is -0.350 e. The summed E-state index contributed by atoms with van der Waals surface area (Å²) in [4.78, 5) is 30.6. The molecule has 1 aromatic carbocycles. The molecule has 0 aliphatic carbocycles. The Bertz CT molecular complexity index is 727. The zero-order chi connectivity index (χ0) is 17.6. The quantitative estimate of drug-likeness (QED) is 0.908. The Balaban J connectivity index is 1.69. The molecule has 0 saturated carbocycles. The van der Waals surface area contributed by atoms with Gasteiger partial charge in [-0.1, -0.05) is 25.1 Å². The molecular formula is C19H24N4O2. The van der Waals surface area contributed by atoms with Crippen molar-refractivity contribution in [3.05, 3.63) is 48.5 Å². The number of hydrogen-bond acceptors (Lipinski definition) is 3. The van der Waals surface area contributed by atoms with Gasteiger partial charge in [0, 0.05) is 31.9 Å². The Morgan fingerprint density at radius 2 is 2.12 bits per heavy atom. The molecule has 3 rings (SSSR count). The third kappa shape index (κ3) is 3.90. The highest BCUT2D eigenvalue weighted by Crippen LogP contribution is 2.19. The average molecular weight is 340 g/mol. The maximum Gasteiger partial charge on any atom is 0.243 e. The molecule has 132 valence electrons. The fraction of sp³-hybridized carbons (Fsp3) is 0.421. The number of hydrogen-bond donors (Lipinski definition) is 1. The Hall–Kier alpha value is -2.63. The number of imidazole rings is 1. The third-order valence-corrected chi connectivity index (χ3v) is 4.66. The van der Waals surface area contributed by atoms with E-state index in [1.807, 2.05) is 42.0 Å². The zero-order valence-corrected chi connectivity index (χ0v) is 14.5. The third-order valence-electron chi connectivity index (χ3n) is 4.66. The molecule has 6 nitrogen and oxygen atoms in total. The van der Waals surface area contributed by atoms with E-state index < -0.39 is 0 Å². The van der Waals surface area contributed by atoms with Crippen molar-refractivity contribution < 1.29 is 9.59 Å². The maximum atomic E-state index is 12.7. The van der Waals surface area contributed by atoms with E-state index in [1.165, 1.54) is 0 Å². The van der Waals surface area contributed by atoms with Crippen molar-refractivity contribution >= 4 is 11.8 Å². The lowest BCUT2D eigenvalue weighted by Crippen LogP contribution is -2.51. The van der Waals surface area contributed by atoms with Crippen molar-refractivity contribution in [2.45, 2.75) is 45.2 Å². The van der Waals surface area contributed by atoms with Gasteiger partial charge in [0.1, 0.15) is 6.04 Å². The standard InChI is InChI=1S/C19H24N4O2/c1-2-18(24)23-11-6-5-9-17(23)19(25)21-13-15-7-3-4-8-16(15)22-12-10-20-14-22/h3-4,7-8,10,12,14,17H,2,5-6,9,11,13H2,1H3,(H,21,25). The lowest BCUT2D eigenvalue weighted by Gasteiger charge is -2.34. The summed E-state index contributed by atoms with van der Waals surface area (Å²) in [5, 5.41) is 3.01. The minimum absolute atomic E-state index is 0.0543. The summed E-state index contributed by atoms with van der Waals surface area (Å²) in [7, 11) is 0. The van der Waals surface area contributed by atoms with Gasteiger partial charge in [-0.25, -0.2) is 4.98 Å². The number of nitrogens with zero attached hydrogens (tertiary/aromatic N) is 3. The molecule has 0 radical (unpaired) electrons. The molecule has 0 bridgehead atoms. The van der Waals surface area contributed by atoms with Crippen LogP contribution in [0.15, 0.2) is 43.0 Å². The average Bonchev–Trinajstić information content (AvgIpc) is 3.20. The monoisotopic (exact) mass is 340 g/mol. The lowest BCUT2D eigenvalue weighted by atomic mass is 10.0. The largest absolute Gasteiger partial charge is 0.350 e. The van der Waals surface area contributed by atoms with Crippen LogP contribution in [0.4, 0.5) is 0 Å². The first-order valence-electron chi connectivity index (χ1n) is 8.84. The highest BCUT2D eigenvalue weighted by atomic mass is 16.2. The van der Waals surface area contributed by atoms with Gasteiger partial charge in [0.15, 0.2) is 0 Å². The van der Waals surface area contributed by atoms with Crippen molar-refractivity contribution in [1.82, 2.24) is 19.8 Å². The second kappa shape index (κ2) is 7.96. The SMILES string of the molecule is CCC(=O)N1CCCCC1C(=O)NCc1ccccc1-n1ccnc1. The Morgan fingerprint density at radius 1 is 1.28 bits per heavy atom. The predicted octanol–water partition coefficient (Wildman–Crippen LogP) is 2.28. The van der Waals surface area contributed by atoms with Gasteiger partial charge in [0.2, 0.25) is 11.8 Å². The Kier molecular flexibility index (Phi) is 5.48. The summed E-state index contributed by atoms with van der Waals surface area (Å²) in [6.07, 6.45) is 8.47. The Labute approximate surface area is 147 Å². The van der Waals surface area contributed by atoms with Crippen LogP contribution in [-0.4, -0.2) is 38.9 Å². The predicted molar refractivity (Wildman–Crippen MR) is 95.1 cm³/mol. The first-order chi connectivity index (χ1) is 12.2. The van der Waals surface area contributed by atoms with Crippen LogP contribution in [0.2, 0.25) is 0 Å². The van der Waals surface area contributed by atoms with E-state index in [0.29, 0.717) is 19.5 Å². The van der Waals surface area contributed by atoms with Gasteiger partial charge in [-0.3, -0.25) is 9.59 Å². The highest BCUT2D eigenvalue weighted by Gasteiger charge is 2.31. The number of benzene rings is 1. The van der Waals surface area contributed by atoms with Crippen molar-refractivity contribution in [2.75, 3.05) is 6.54 Å². The molecule has 1 N–H and O–H groups in total. The first-order valence-corrected chi connectivity index (χ1v) is 8.84. The van der Waals surface area contributed by atoms with Crippen LogP contribution in [0.5, 0.6) is 0 Å². The second-order valence-corrected chi connectivity index (χ2v) is 6.27. The molecule has 2 amide bonds. The van der Waals surface area contributed by atoms with E-state index in [2.05, 4.69) is 10.3 Å². The Morgan fingerprint density at radius 3 is 2.88 bits per heavy atom. The molecule has 1 aliphatic heterocycles. The van der Waals surface area contributed by atoms with E-state index in [4.69, 9.17) is 0 Å². The van der Waals surface area contributed by atoms with Gasteiger partial charge in [0.25, 0.3) is 0 Å². The molecule has 2 heterocycles. The number of rotatable bonds is 5. The van der Waals surface area contributed by atoms with E-state index >= 15 is 0 Å². The summed E-state index contributed by atoms with van der Waals surface area (Å²) < 4.78 is 1.93. The van der Waals surface area contributed by atoms with Crippen LogP contribution in [0.1, 0.15) is 38.2 Å². The van der Waals surface area contributed by atoms with Gasteiger partial charge < -0.3 is 14.8 Å². The zero-order valence-electron chi connectivity index (χ0n) is 14.5. The van der Waals surface area contributed by atoms with Crippen molar-refractivity contribution in [2.24, 2.45) is 0 Å². The van der Waals surface area contributed by atoms with Crippen LogP contribution in [-0.2, 0) is 16.1 Å². The number of nitrogens with one attached hydrogen (secondary N) is 1. The van der Waals surface area contributed by atoms with Crippen molar-refractivity contribution in [3.8, 4) is 5.69 Å². The molecule has 1 aromatic heterocycles. The number of piperidine rings is 1. The fourth-order valence-electron chi connectivity index (χ4n) is 3.32. The number of amides is 2. The molecule has 1 saturated heterocycles.